The molecule has 0 bridgehead atoms. The first-order valence-corrected chi connectivity index (χ1v) is 7.18. The van der Waals surface area contributed by atoms with Crippen LogP contribution >= 0.6 is 47.3 Å². The Hall–Kier alpha value is 0.170. The van der Waals surface area contributed by atoms with Gasteiger partial charge in [-0.05, 0) is 29.3 Å². The van der Waals surface area contributed by atoms with Gasteiger partial charge in [-0.25, -0.2) is 0 Å². The quantitative estimate of drug-likeness (QED) is 0.466. The van der Waals surface area contributed by atoms with E-state index < -0.39 is 0 Å². The Balaban J connectivity index is 2.78. The molecular weight excluding hydrogens is 252 g/mol. The Morgan fingerprint density at radius 1 is 1.50 bits per heavy atom. The van der Waals surface area contributed by atoms with Crippen LogP contribution in [0.3, 0.4) is 0 Å². The SMILES string of the molecule is CSc1cc(S)cc2scc(CCl)c12. The molecule has 0 atom stereocenters. The topological polar surface area (TPSA) is 0 Å². The number of thiophene rings is 1. The summed E-state index contributed by atoms with van der Waals surface area (Å²) in [6.45, 7) is 0. The van der Waals surface area contributed by atoms with Gasteiger partial charge in [-0.2, -0.15) is 0 Å². The summed E-state index contributed by atoms with van der Waals surface area (Å²) in [7, 11) is 0. The molecule has 0 unspecified atom stereocenters. The highest BCUT2D eigenvalue weighted by molar-refractivity contribution is 7.98. The normalized spacial score (nSPS) is 11.1. The summed E-state index contributed by atoms with van der Waals surface area (Å²) in [6, 6.07) is 4.19. The third-order valence-corrected chi connectivity index (χ3v) is 4.35. The van der Waals surface area contributed by atoms with Gasteiger partial charge in [0.25, 0.3) is 0 Å². The predicted molar refractivity (Wildman–Crippen MR) is 70.4 cm³/mol. The number of thioether (sulfide) groups is 1. The number of benzene rings is 1. The highest BCUT2D eigenvalue weighted by Crippen LogP contribution is 2.36. The lowest BCUT2D eigenvalue weighted by Gasteiger charge is -2.02. The second kappa shape index (κ2) is 4.35. The van der Waals surface area contributed by atoms with Gasteiger partial charge in [-0.15, -0.1) is 47.3 Å². The second-order valence-electron chi connectivity index (χ2n) is 2.92. The van der Waals surface area contributed by atoms with Crippen LogP contribution in [0.25, 0.3) is 10.1 Å². The van der Waals surface area contributed by atoms with Crippen LogP contribution in [-0.2, 0) is 5.88 Å². The van der Waals surface area contributed by atoms with E-state index in [2.05, 4.69) is 36.4 Å². The fraction of sp³-hybridized carbons (Fsp3) is 0.200. The molecule has 0 nitrogen and oxygen atoms in total. The van der Waals surface area contributed by atoms with Crippen molar-refractivity contribution in [1.82, 2.24) is 0 Å². The smallest absolute Gasteiger partial charge is 0.0488 e. The van der Waals surface area contributed by atoms with Crippen LogP contribution in [-0.4, -0.2) is 6.26 Å². The Morgan fingerprint density at radius 2 is 2.29 bits per heavy atom. The molecule has 0 radical (unpaired) electrons. The monoisotopic (exact) mass is 260 g/mol. The van der Waals surface area contributed by atoms with E-state index in [1.165, 1.54) is 20.5 Å². The lowest BCUT2D eigenvalue weighted by atomic mass is 10.2. The van der Waals surface area contributed by atoms with Crippen molar-refractivity contribution in [2.45, 2.75) is 15.7 Å². The third kappa shape index (κ3) is 1.78. The molecule has 0 saturated heterocycles. The molecule has 0 N–H and O–H groups in total. The minimum Gasteiger partial charge on any atom is -0.143 e. The average Bonchev–Trinajstić information content (AvgIpc) is 2.59. The Morgan fingerprint density at radius 3 is 2.93 bits per heavy atom. The zero-order valence-corrected chi connectivity index (χ0v) is 10.9. The summed E-state index contributed by atoms with van der Waals surface area (Å²) in [5.74, 6) is 0.583. The molecule has 0 aliphatic carbocycles. The maximum Gasteiger partial charge on any atom is 0.0488 e. The number of hydrogen-bond donors (Lipinski definition) is 1. The molecule has 0 aliphatic heterocycles. The Bertz CT molecular complexity index is 462. The molecule has 1 aromatic heterocycles. The minimum atomic E-state index is 0.583. The first kappa shape index (κ1) is 10.7. The molecule has 2 rings (SSSR count). The molecule has 74 valence electrons. The zero-order chi connectivity index (χ0) is 10.1. The first-order chi connectivity index (χ1) is 6.76. The largest absolute Gasteiger partial charge is 0.143 e. The summed E-state index contributed by atoms with van der Waals surface area (Å²) in [4.78, 5) is 2.29. The van der Waals surface area contributed by atoms with Gasteiger partial charge in [0.2, 0.25) is 0 Å². The van der Waals surface area contributed by atoms with Crippen molar-refractivity contribution in [1.29, 1.82) is 0 Å². The third-order valence-electron chi connectivity index (χ3n) is 2.06. The summed E-state index contributed by atoms with van der Waals surface area (Å²) < 4.78 is 1.28. The van der Waals surface area contributed by atoms with E-state index >= 15 is 0 Å². The van der Waals surface area contributed by atoms with Gasteiger partial charge in [-0.1, -0.05) is 0 Å². The van der Waals surface area contributed by atoms with Crippen molar-refractivity contribution < 1.29 is 0 Å². The van der Waals surface area contributed by atoms with Crippen LogP contribution in [0.15, 0.2) is 27.3 Å². The number of hydrogen-bond acceptors (Lipinski definition) is 3. The van der Waals surface area contributed by atoms with E-state index in [1.807, 2.05) is 0 Å². The van der Waals surface area contributed by atoms with Gasteiger partial charge in [0, 0.05) is 25.8 Å². The molecule has 0 spiro atoms. The van der Waals surface area contributed by atoms with Crippen molar-refractivity contribution in [2.75, 3.05) is 6.26 Å². The van der Waals surface area contributed by atoms with Crippen molar-refractivity contribution in [3.63, 3.8) is 0 Å². The second-order valence-corrected chi connectivity index (χ2v) is 5.46. The van der Waals surface area contributed by atoms with Crippen molar-refractivity contribution in [3.05, 3.63) is 23.1 Å². The molecule has 14 heavy (non-hydrogen) atoms. The number of thiol groups is 1. The number of halogens is 1. The summed E-state index contributed by atoms with van der Waals surface area (Å²) in [5, 5.41) is 3.43. The fourth-order valence-electron chi connectivity index (χ4n) is 1.44. The lowest BCUT2D eigenvalue weighted by Crippen LogP contribution is -1.78. The summed E-state index contributed by atoms with van der Waals surface area (Å²) >= 11 is 13.8. The molecule has 0 amide bonds. The van der Waals surface area contributed by atoms with Crippen molar-refractivity contribution >= 4 is 57.4 Å². The van der Waals surface area contributed by atoms with Crippen LogP contribution < -0.4 is 0 Å². The molecule has 0 saturated carbocycles. The molecule has 1 heterocycles. The van der Waals surface area contributed by atoms with E-state index in [4.69, 9.17) is 11.6 Å². The first-order valence-electron chi connectivity index (χ1n) is 4.09. The highest BCUT2D eigenvalue weighted by Gasteiger charge is 2.08. The van der Waals surface area contributed by atoms with Gasteiger partial charge < -0.3 is 0 Å². The standard InChI is InChI=1S/C10H9ClS3/c1-13-8-2-7(12)3-9-10(8)6(4-11)5-14-9/h2-3,5,12H,4H2,1H3. The van der Waals surface area contributed by atoms with E-state index in [-0.39, 0.29) is 0 Å². The lowest BCUT2D eigenvalue weighted by molar-refractivity contribution is 1.38. The summed E-state index contributed by atoms with van der Waals surface area (Å²) in [5.41, 5.74) is 1.23. The molecule has 0 aliphatic rings. The Kier molecular flexibility index (Phi) is 3.32. The number of rotatable bonds is 2. The molecule has 1 aromatic carbocycles. The number of fused-ring (bicyclic) bond motifs is 1. The van der Waals surface area contributed by atoms with Crippen LogP contribution in [0.1, 0.15) is 5.56 Å². The van der Waals surface area contributed by atoms with Crippen LogP contribution in [0.2, 0.25) is 0 Å². The van der Waals surface area contributed by atoms with Crippen LogP contribution in [0.5, 0.6) is 0 Å². The molecule has 2 aromatic rings. The minimum absolute atomic E-state index is 0.583. The maximum atomic E-state index is 5.89. The van der Waals surface area contributed by atoms with E-state index in [0.717, 1.165) is 4.90 Å². The molecule has 0 fully saturated rings. The zero-order valence-electron chi connectivity index (χ0n) is 7.58. The average molecular weight is 261 g/mol. The molecule has 4 heteroatoms. The van der Waals surface area contributed by atoms with Gasteiger partial charge in [0.05, 0.1) is 0 Å². The van der Waals surface area contributed by atoms with Crippen molar-refractivity contribution in [3.8, 4) is 0 Å². The predicted octanol–water partition coefficient (Wildman–Crippen LogP) is 4.65. The fourth-order valence-corrected chi connectivity index (χ4v) is 3.95. The molecular formula is C10H9ClS3. The van der Waals surface area contributed by atoms with Gasteiger partial charge in [0.15, 0.2) is 0 Å². The van der Waals surface area contributed by atoms with Crippen LogP contribution in [0.4, 0.5) is 0 Å². The van der Waals surface area contributed by atoms with E-state index in [1.54, 1.807) is 23.1 Å². The van der Waals surface area contributed by atoms with E-state index in [9.17, 15) is 0 Å². The van der Waals surface area contributed by atoms with E-state index in [0.29, 0.717) is 5.88 Å². The van der Waals surface area contributed by atoms with Crippen molar-refractivity contribution in [2.24, 2.45) is 0 Å². The van der Waals surface area contributed by atoms with Gasteiger partial charge in [-0.3, -0.25) is 0 Å². The van der Waals surface area contributed by atoms with Gasteiger partial charge >= 0.3 is 0 Å². The maximum absolute atomic E-state index is 5.89. The van der Waals surface area contributed by atoms with Gasteiger partial charge in [0.1, 0.15) is 0 Å². The Labute approximate surface area is 102 Å². The van der Waals surface area contributed by atoms with Crippen LogP contribution in [0, 0.1) is 0 Å². The summed E-state index contributed by atoms with van der Waals surface area (Å²) in [6.07, 6.45) is 2.08. The number of alkyl halides is 1. The highest BCUT2D eigenvalue weighted by atomic mass is 35.5.